The minimum absolute atomic E-state index is 0.270. The zero-order valence-electron chi connectivity index (χ0n) is 9.97. The van der Waals surface area contributed by atoms with E-state index in [-0.39, 0.29) is 11.6 Å². The average Bonchev–Trinajstić information content (AvgIpc) is 2.76. The number of fused-ring (bicyclic) bond motifs is 1. The molecular formula is C12H10F2N4O. The van der Waals surface area contributed by atoms with Crippen LogP contribution in [0.25, 0.3) is 0 Å². The van der Waals surface area contributed by atoms with Crippen molar-refractivity contribution in [2.24, 2.45) is 5.10 Å². The van der Waals surface area contributed by atoms with Gasteiger partial charge in [0.2, 0.25) is 6.17 Å². The monoisotopic (exact) mass is 264 g/mol. The number of carbonyl (C=O) groups excluding carboxylic acids is 1. The van der Waals surface area contributed by atoms with Crippen LogP contribution in [0.5, 0.6) is 0 Å². The lowest BCUT2D eigenvalue weighted by molar-refractivity contribution is -0.122. The molecule has 98 valence electrons. The van der Waals surface area contributed by atoms with Crippen molar-refractivity contribution in [3.8, 4) is 0 Å². The van der Waals surface area contributed by atoms with E-state index in [1.807, 2.05) is 0 Å². The molecule has 2 heterocycles. The van der Waals surface area contributed by atoms with Crippen LogP contribution in [0.4, 0.5) is 14.5 Å². The molecule has 2 aliphatic heterocycles. The number of nitrogens with one attached hydrogen (secondary N) is 1. The Bertz CT molecular complexity index is 614. The van der Waals surface area contributed by atoms with Crippen LogP contribution in [0.1, 0.15) is 6.92 Å². The van der Waals surface area contributed by atoms with Gasteiger partial charge in [0.1, 0.15) is 5.84 Å². The first-order chi connectivity index (χ1) is 9.08. The van der Waals surface area contributed by atoms with Crippen LogP contribution in [-0.2, 0) is 4.79 Å². The van der Waals surface area contributed by atoms with Crippen LogP contribution in [0, 0.1) is 11.6 Å². The average molecular weight is 264 g/mol. The van der Waals surface area contributed by atoms with E-state index in [1.54, 1.807) is 18.0 Å². The third-order valence-electron chi connectivity index (χ3n) is 3.03. The summed E-state index contributed by atoms with van der Waals surface area (Å²) in [6.07, 6.45) is 2.52. The van der Waals surface area contributed by atoms with Gasteiger partial charge in [-0.3, -0.25) is 15.1 Å². The van der Waals surface area contributed by atoms with E-state index in [2.05, 4.69) is 10.5 Å². The quantitative estimate of drug-likeness (QED) is 0.833. The molecule has 0 aromatic heterocycles. The summed E-state index contributed by atoms with van der Waals surface area (Å²) in [5.41, 5.74) is 2.96. The zero-order valence-corrected chi connectivity index (χ0v) is 9.97. The second kappa shape index (κ2) is 4.04. The lowest BCUT2D eigenvalue weighted by Crippen LogP contribution is -2.52. The number of hydrazone groups is 1. The molecule has 0 saturated heterocycles. The number of benzene rings is 1. The molecule has 1 amide bonds. The van der Waals surface area contributed by atoms with E-state index < -0.39 is 17.8 Å². The van der Waals surface area contributed by atoms with Gasteiger partial charge in [0.15, 0.2) is 11.6 Å². The predicted octanol–water partition coefficient (Wildman–Crippen LogP) is 1.35. The number of amides is 1. The summed E-state index contributed by atoms with van der Waals surface area (Å²) in [7, 11) is 0. The van der Waals surface area contributed by atoms with Crippen LogP contribution in [0.3, 0.4) is 0 Å². The number of amidine groups is 1. The van der Waals surface area contributed by atoms with Crippen molar-refractivity contribution in [3.63, 3.8) is 0 Å². The number of hydrogen-bond acceptors (Lipinski definition) is 4. The third kappa shape index (κ3) is 1.74. The highest BCUT2D eigenvalue weighted by Gasteiger charge is 2.36. The predicted molar refractivity (Wildman–Crippen MR) is 64.9 cm³/mol. The number of rotatable bonds is 1. The Balaban J connectivity index is 1.95. The first-order valence-electron chi connectivity index (χ1n) is 5.62. The van der Waals surface area contributed by atoms with Gasteiger partial charge in [-0.05, 0) is 19.1 Å². The normalized spacial score (nSPS) is 21.3. The first-order valence-corrected chi connectivity index (χ1v) is 5.62. The van der Waals surface area contributed by atoms with E-state index in [0.29, 0.717) is 5.84 Å². The van der Waals surface area contributed by atoms with Crippen molar-refractivity contribution in [1.29, 1.82) is 0 Å². The fourth-order valence-corrected chi connectivity index (χ4v) is 2.02. The molecule has 0 aliphatic carbocycles. The topological polar surface area (TPSA) is 47.9 Å². The maximum absolute atomic E-state index is 13.2. The Morgan fingerprint density at radius 1 is 1.26 bits per heavy atom. The van der Waals surface area contributed by atoms with Crippen molar-refractivity contribution in [2.75, 3.05) is 4.90 Å². The van der Waals surface area contributed by atoms with Gasteiger partial charge >= 0.3 is 0 Å². The molecule has 1 aromatic rings. The SMILES string of the molecule is CC1=NNC2C(=O)N(c3ccc(F)c(F)c3)C=CN12. The van der Waals surface area contributed by atoms with E-state index in [9.17, 15) is 13.6 Å². The van der Waals surface area contributed by atoms with Gasteiger partial charge in [0.05, 0.1) is 5.69 Å². The lowest BCUT2D eigenvalue weighted by Gasteiger charge is -2.31. The van der Waals surface area contributed by atoms with Crippen molar-refractivity contribution < 1.29 is 13.6 Å². The fraction of sp³-hybridized carbons (Fsp3) is 0.167. The largest absolute Gasteiger partial charge is 0.303 e. The summed E-state index contributed by atoms with van der Waals surface area (Å²) in [5.74, 6) is -1.58. The third-order valence-corrected chi connectivity index (χ3v) is 3.03. The molecule has 0 radical (unpaired) electrons. The highest BCUT2D eigenvalue weighted by molar-refractivity contribution is 6.03. The summed E-state index contributed by atoms with van der Waals surface area (Å²) in [6, 6.07) is 3.32. The van der Waals surface area contributed by atoms with E-state index >= 15 is 0 Å². The van der Waals surface area contributed by atoms with Crippen molar-refractivity contribution in [1.82, 2.24) is 10.3 Å². The molecule has 2 aliphatic rings. The van der Waals surface area contributed by atoms with Gasteiger partial charge in [-0.15, -0.1) is 0 Å². The lowest BCUT2D eigenvalue weighted by atomic mass is 10.2. The van der Waals surface area contributed by atoms with Gasteiger partial charge in [-0.25, -0.2) is 8.78 Å². The molecule has 1 unspecified atom stereocenters. The smallest absolute Gasteiger partial charge is 0.276 e. The highest BCUT2D eigenvalue weighted by Crippen LogP contribution is 2.24. The van der Waals surface area contributed by atoms with Gasteiger partial charge in [-0.1, -0.05) is 0 Å². The first kappa shape index (κ1) is 11.6. The van der Waals surface area contributed by atoms with E-state index in [1.165, 1.54) is 17.2 Å². The van der Waals surface area contributed by atoms with Gasteiger partial charge < -0.3 is 4.90 Å². The number of hydrogen-bond donors (Lipinski definition) is 1. The molecule has 0 saturated carbocycles. The molecule has 1 aromatic carbocycles. The Morgan fingerprint density at radius 2 is 2.05 bits per heavy atom. The molecular weight excluding hydrogens is 254 g/mol. The van der Waals surface area contributed by atoms with Crippen molar-refractivity contribution >= 4 is 17.4 Å². The second-order valence-electron chi connectivity index (χ2n) is 4.20. The molecule has 19 heavy (non-hydrogen) atoms. The molecule has 1 N–H and O–H groups in total. The standard InChI is InChI=1S/C12H10F2N4O/c1-7-15-16-11-12(19)18(5-4-17(7)11)8-2-3-9(13)10(14)6-8/h2-6,11,16H,1H3. The summed E-state index contributed by atoms with van der Waals surface area (Å²) in [5, 5.41) is 3.95. The minimum Gasteiger partial charge on any atom is -0.303 e. The number of nitrogens with zero attached hydrogens (tertiary/aromatic N) is 3. The van der Waals surface area contributed by atoms with Crippen molar-refractivity contribution in [3.05, 3.63) is 42.2 Å². The summed E-state index contributed by atoms with van der Waals surface area (Å²) in [4.78, 5) is 15.2. The van der Waals surface area contributed by atoms with Gasteiger partial charge in [-0.2, -0.15) is 5.10 Å². The maximum atomic E-state index is 13.2. The Hall–Kier alpha value is -2.44. The van der Waals surface area contributed by atoms with Crippen molar-refractivity contribution in [2.45, 2.75) is 13.1 Å². The molecule has 1 atom stereocenters. The molecule has 5 nitrogen and oxygen atoms in total. The molecule has 3 rings (SSSR count). The molecule has 0 fully saturated rings. The van der Waals surface area contributed by atoms with Crippen LogP contribution >= 0.6 is 0 Å². The van der Waals surface area contributed by atoms with Gasteiger partial charge in [0.25, 0.3) is 5.91 Å². The number of anilines is 1. The minimum atomic E-state index is -0.993. The number of carbonyl (C=O) groups is 1. The van der Waals surface area contributed by atoms with E-state index in [4.69, 9.17) is 0 Å². The molecule has 0 bridgehead atoms. The molecule has 0 spiro atoms. The summed E-state index contributed by atoms with van der Waals surface area (Å²) >= 11 is 0. The van der Waals surface area contributed by atoms with E-state index in [0.717, 1.165) is 12.1 Å². The fourth-order valence-electron chi connectivity index (χ4n) is 2.02. The highest BCUT2D eigenvalue weighted by atomic mass is 19.2. The van der Waals surface area contributed by atoms with Crippen LogP contribution in [0.15, 0.2) is 35.7 Å². The van der Waals surface area contributed by atoms with Crippen LogP contribution in [-0.4, -0.2) is 22.8 Å². The number of halogens is 2. The van der Waals surface area contributed by atoms with Crippen LogP contribution < -0.4 is 10.3 Å². The van der Waals surface area contributed by atoms with Gasteiger partial charge in [0, 0.05) is 18.5 Å². The Labute approximate surface area is 107 Å². The summed E-state index contributed by atoms with van der Waals surface area (Å²) < 4.78 is 26.1. The second-order valence-corrected chi connectivity index (χ2v) is 4.20. The maximum Gasteiger partial charge on any atom is 0.276 e. The van der Waals surface area contributed by atoms with Crippen LogP contribution in [0.2, 0.25) is 0 Å². The zero-order chi connectivity index (χ0) is 13.6. The molecule has 7 heteroatoms. The summed E-state index contributed by atoms with van der Waals surface area (Å²) in [6.45, 7) is 1.76. The Morgan fingerprint density at radius 3 is 2.79 bits per heavy atom. The Kier molecular flexibility index (Phi) is 2.48.